The van der Waals surface area contributed by atoms with Gasteiger partial charge in [-0.15, -0.1) is 0 Å². The summed E-state index contributed by atoms with van der Waals surface area (Å²) in [4.78, 5) is 14.0. The molecule has 2 aliphatic rings. The molecule has 1 aromatic rings. The monoisotopic (exact) mass is 247 g/mol. The van der Waals surface area contributed by atoms with Crippen molar-refractivity contribution in [1.29, 1.82) is 0 Å². The Morgan fingerprint density at radius 2 is 2.33 bits per heavy atom. The molecule has 18 heavy (non-hydrogen) atoms. The lowest BCUT2D eigenvalue weighted by Gasteiger charge is -2.31. The van der Waals surface area contributed by atoms with Crippen LogP contribution >= 0.6 is 0 Å². The van der Waals surface area contributed by atoms with E-state index >= 15 is 0 Å². The number of anilines is 2. The van der Waals surface area contributed by atoms with E-state index in [0.29, 0.717) is 13.2 Å². The molecular formula is C13H17N3O2. The average Bonchev–Trinajstić information content (AvgIpc) is 2.91. The molecule has 2 heterocycles. The number of nitrogens with one attached hydrogen (secondary N) is 2. The fourth-order valence-corrected chi connectivity index (χ4v) is 2.39. The van der Waals surface area contributed by atoms with E-state index in [4.69, 9.17) is 4.74 Å². The van der Waals surface area contributed by atoms with Crippen LogP contribution in [-0.2, 0) is 4.74 Å². The Balaban J connectivity index is 1.74. The van der Waals surface area contributed by atoms with Gasteiger partial charge in [0.1, 0.15) is 0 Å². The minimum absolute atomic E-state index is 0.0283. The first-order chi connectivity index (χ1) is 8.84. The maximum Gasteiger partial charge on any atom is 0.322 e. The van der Waals surface area contributed by atoms with E-state index in [1.807, 2.05) is 24.3 Å². The van der Waals surface area contributed by atoms with E-state index in [0.717, 1.165) is 30.9 Å². The SMILES string of the molecule is O=C(NC1CCOC1)N1CCNc2ccccc21. The van der Waals surface area contributed by atoms with Gasteiger partial charge in [0.05, 0.1) is 24.0 Å². The van der Waals surface area contributed by atoms with Crippen molar-refractivity contribution >= 4 is 17.4 Å². The molecule has 0 aliphatic carbocycles. The molecule has 3 rings (SSSR count). The van der Waals surface area contributed by atoms with Gasteiger partial charge in [-0.25, -0.2) is 4.79 Å². The Kier molecular flexibility index (Phi) is 3.06. The highest BCUT2D eigenvalue weighted by atomic mass is 16.5. The highest BCUT2D eigenvalue weighted by molar-refractivity contribution is 5.96. The Morgan fingerprint density at radius 1 is 1.44 bits per heavy atom. The van der Waals surface area contributed by atoms with Crippen molar-refractivity contribution in [3.8, 4) is 0 Å². The molecule has 96 valence electrons. The van der Waals surface area contributed by atoms with Gasteiger partial charge in [-0.1, -0.05) is 12.1 Å². The van der Waals surface area contributed by atoms with Crippen LogP contribution < -0.4 is 15.5 Å². The van der Waals surface area contributed by atoms with Crippen molar-refractivity contribution in [3.05, 3.63) is 24.3 Å². The number of rotatable bonds is 1. The van der Waals surface area contributed by atoms with Crippen LogP contribution in [0.3, 0.4) is 0 Å². The maximum atomic E-state index is 12.2. The van der Waals surface area contributed by atoms with Crippen molar-refractivity contribution in [2.75, 3.05) is 36.5 Å². The molecular weight excluding hydrogens is 230 g/mol. The zero-order chi connectivity index (χ0) is 12.4. The van der Waals surface area contributed by atoms with Crippen molar-refractivity contribution in [3.63, 3.8) is 0 Å². The number of benzene rings is 1. The highest BCUT2D eigenvalue weighted by Crippen LogP contribution is 2.28. The van der Waals surface area contributed by atoms with E-state index in [1.54, 1.807) is 4.90 Å². The fourth-order valence-electron chi connectivity index (χ4n) is 2.39. The number of urea groups is 1. The summed E-state index contributed by atoms with van der Waals surface area (Å²) in [6.07, 6.45) is 0.902. The molecule has 0 aromatic heterocycles. The second-order valence-electron chi connectivity index (χ2n) is 4.61. The Bertz CT molecular complexity index is 444. The molecule has 1 unspecified atom stereocenters. The molecule has 0 bridgehead atoms. The molecule has 1 fully saturated rings. The lowest BCUT2D eigenvalue weighted by molar-refractivity contribution is 0.189. The Hall–Kier alpha value is -1.75. The summed E-state index contributed by atoms with van der Waals surface area (Å²) in [7, 11) is 0. The number of fused-ring (bicyclic) bond motifs is 1. The first-order valence-corrected chi connectivity index (χ1v) is 6.33. The molecule has 0 saturated carbocycles. The molecule has 5 nitrogen and oxygen atoms in total. The van der Waals surface area contributed by atoms with Gasteiger partial charge < -0.3 is 15.4 Å². The largest absolute Gasteiger partial charge is 0.382 e. The third kappa shape index (κ3) is 2.13. The summed E-state index contributed by atoms with van der Waals surface area (Å²) in [6.45, 7) is 2.84. The number of carbonyl (C=O) groups is 1. The fraction of sp³-hybridized carbons (Fsp3) is 0.462. The predicted molar refractivity (Wildman–Crippen MR) is 70.0 cm³/mol. The summed E-state index contributed by atoms with van der Waals surface area (Å²) in [5.74, 6) is 0. The summed E-state index contributed by atoms with van der Waals surface area (Å²) >= 11 is 0. The van der Waals surface area contributed by atoms with Gasteiger partial charge in [0.2, 0.25) is 0 Å². The van der Waals surface area contributed by atoms with E-state index < -0.39 is 0 Å². The van der Waals surface area contributed by atoms with Crippen LogP contribution in [0.15, 0.2) is 24.3 Å². The van der Waals surface area contributed by atoms with Crippen LogP contribution in [0.1, 0.15) is 6.42 Å². The van der Waals surface area contributed by atoms with Gasteiger partial charge >= 0.3 is 6.03 Å². The van der Waals surface area contributed by atoms with Gasteiger partial charge in [-0.2, -0.15) is 0 Å². The van der Waals surface area contributed by atoms with E-state index in [1.165, 1.54) is 0 Å². The third-order valence-electron chi connectivity index (χ3n) is 3.35. The molecule has 0 radical (unpaired) electrons. The first-order valence-electron chi connectivity index (χ1n) is 6.33. The third-order valence-corrected chi connectivity index (χ3v) is 3.35. The van der Waals surface area contributed by atoms with Gasteiger partial charge in [-0.05, 0) is 18.6 Å². The minimum atomic E-state index is -0.0283. The summed E-state index contributed by atoms with van der Waals surface area (Å²) in [5, 5.41) is 6.32. The smallest absolute Gasteiger partial charge is 0.322 e. The maximum absolute atomic E-state index is 12.2. The zero-order valence-electron chi connectivity index (χ0n) is 10.2. The number of para-hydroxylation sites is 2. The van der Waals surface area contributed by atoms with E-state index in [-0.39, 0.29) is 12.1 Å². The molecule has 2 amide bonds. The molecule has 1 atom stereocenters. The van der Waals surface area contributed by atoms with Crippen LogP contribution in [0.5, 0.6) is 0 Å². The molecule has 1 aromatic carbocycles. The number of ether oxygens (including phenoxy) is 1. The lowest BCUT2D eigenvalue weighted by atomic mass is 10.2. The van der Waals surface area contributed by atoms with Gasteiger partial charge in [0.25, 0.3) is 0 Å². The van der Waals surface area contributed by atoms with Gasteiger partial charge in [-0.3, -0.25) is 4.90 Å². The van der Waals surface area contributed by atoms with Crippen LogP contribution in [0.25, 0.3) is 0 Å². The zero-order valence-corrected chi connectivity index (χ0v) is 10.2. The summed E-state index contributed by atoms with van der Waals surface area (Å²) in [5.41, 5.74) is 1.96. The number of carbonyl (C=O) groups excluding carboxylic acids is 1. The normalized spacial score (nSPS) is 22.2. The predicted octanol–water partition coefficient (Wildman–Crippen LogP) is 1.42. The second-order valence-corrected chi connectivity index (χ2v) is 4.61. The van der Waals surface area contributed by atoms with Crippen molar-refractivity contribution in [1.82, 2.24) is 5.32 Å². The van der Waals surface area contributed by atoms with Crippen molar-refractivity contribution < 1.29 is 9.53 Å². The summed E-state index contributed by atoms with van der Waals surface area (Å²) in [6, 6.07) is 8.00. The highest BCUT2D eigenvalue weighted by Gasteiger charge is 2.25. The minimum Gasteiger partial charge on any atom is -0.382 e. The van der Waals surface area contributed by atoms with Crippen molar-refractivity contribution in [2.24, 2.45) is 0 Å². The van der Waals surface area contributed by atoms with Gasteiger partial charge in [0, 0.05) is 19.7 Å². The van der Waals surface area contributed by atoms with Crippen LogP contribution in [-0.4, -0.2) is 38.4 Å². The number of amides is 2. The molecule has 5 heteroatoms. The van der Waals surface area contributed by atoms with Crippen LogP contribution in [0.4, 0.5) is 16.2 Å². The Morgan fingerprint density at radius 3 is 3.17 bits per heavy atom. The molecule has 2 N–H and O–H groups in total. The number of nitrogens with zero attached hydrogens (tertiary/aromatic N) is 1. The molecule has 2 aliphatic heterocycles. The quantitative estimate of drug-likeness (QED) is 0.789. The standard InChI is InChI=1S/C13H17N3O2/c17-13(15-10-5-8-18-9-10)16-7-6-14-11-3-1-2-4-12(11)16/h1-4,10,14H,5-9H2,(H,15,17). The van der Waals surface area contributed by atoms with Crippen LogP contribution in [0.2, 0.25) is 0 Å². The average molecular weight is 247 g/mol. The number of hydrogen-bond acceptors (Lipinski definition) is 3. The Labute approximate surface area is 106 Å². The topological polar surface area (TPSA) is 53.6 Å². The van der Waals surface area contributed by atoms with Crippen LogP contribution in [0, 0.1) is 0 Å². The van der Waals surface area contributed by atoms with E-state index in [9.17, 15) is 4.79 Å². The number of hydrogen-bond donors (Lipinski definition) is 2. The second kappa shape index (κ2) is 4.86. The lowest BCUT2D eigenvalue weighted by Crippen LogP contribution is -2.48. The molecule has 0 spiro atoms. The van der Waals surface area contributed by atoms with E-state index in [2.05, 4.69) is 10.6 Å². The molecule has 1 saturated heterocycles. The first kappa shape index (κ1) is 11.3. The van der Waals surface area contributed by atoms with Gasteiger partial charge in [0.15, 0.2) is 0 Å². The summed E-state index contributed by atoms with van der Waals surface area (Å²) < 4.78 is 5.27. The van der Waals surface area contributed by atoms with Crippen molar-refractivity contribution in [2.45, 2.75) is 12.5 Å².